The van der Waals surface area contributed by atoms with Gasteiger partial charge in [-0.2, -0.15) is 21.5 Å². The Morgan fingerprint density at radius 2 is 2.22 bits per heavy atom. The molecule has 2 amide bonds. The van der Waals surface area contributed by atoms with Crippen molar-refractivity contribution in [1.29, 1.82) is 0 Å². The van der Waals surface area contributed by atoms with Crippen LogP contribution in [0.2, 0.25) is 0 Å². The van der Waals surface area contributed by atoms with Crippen molar-refractivity contribution >= 4 is 23.6 Å². The van der Waals surface area contributed by atoms with Crippen LogP contribution in [0.5, 0.6) is 0 Å². The summed E-state index contributed by atoms with van der Waals surface area (Å²) in [5.74, 6) is 1.36. The van der Waals surface area contributed by atoms with Gasteiger partial charge in [0.15, 0.2) is 5.82 Å². The maximum atomic E-state index is 12.5. The molecule has 2 aromatic heterocycles. The SMILES string of the molecule is CSC1CCN(C(=O)Nc2cc(C)nn2-c2cc(C)ccn2)C1. The third kappa shape index (κ3) is 3.50. The molecule has 1 aliphatic rings. The van der Waals surface area contributed by atoms with E-state index in [4.69, 9.17) is 0 Å². The highest BCUT2D eigenvalue weighted by Crippen LogP contribution is 2.22. The lowest BCUT2D eigenvalue weighted by Crippen LogP contribution is -2.33. The first-order valence-electron chi connectivity index (χ1n) is 7.65. The highest BCUT2D eigenvalue weighted by molar-refractivity contribution is 7.99. The molecule has 23 heavy (non-hydrogen) atoms. The van der Waals surface area contributed by atoms with Gasteiger partial charge >= 0.3 is 6.03 Å². The number of aryl methyl sites for hydroxylation is 2. The zero-order valence-electron chi connectivity index (χ0n) is 13.6. The molecular weight excluding hydrogens is 310 g/mol. The van der Waals surface area contributed by atoms with E-state index in [-0.39, 0.29) is 6.03 Å². The summed E-state index contributed by atoms with van der Waals surface area (Å²) in [6, 6.07) is 5.67. The molecule has 7 heteroatoms. The molecule has 3 rings (SSSR count). The van der Waals surface area contributed by atoms with Gasteiger partial charge in [-0.05, 0) is 44.2 Å². The number of nitrogens with zero attached hydrogens (tertiary/aromatic N) is 4. The van der Waals surface area contributed by atoms with Crippen LogP contribution >= 0.6 is 11.8 Å². The zero-order valence-corrected chi connectivity index (χ0v) is 14.4. The standard InChI is InChI=1S/C16H21N5OS/c1-11-4-6-17-14(8-11)21-15(9-12(2)19-21)18-16(22)20-7-5-13(10-20)23-3/h4,6,8-9,13H,5,7,10H2,1-3H3,(H,18,22). The highest BCUT2D eigenvalue weighted by Gasteiger charge is 2.26. The van der Waals surface area contributed by atoms with Gasteiger partial charge < -0.3 is 4.90 Å². The van der Waals surface area contributed by atoms with Crippen LogP contribution in [0.4, 0.5) is 10.6 Å². The van der Waals surface area contributed by atoms with Gasteiger partial charge in [-0.3, -0.25) is 5.32 Å². The lowest BCUT2D eigenvalue weighted by atomic mass is 10.3. The molecule has 0 saturated carbocycles. The van der Waals surface area contributed by atoms with Crippen molar-refractivity contribution in [3.05, 3.63) is 35.7 Å². The van der Waals surface area contributed by atoms with Crippen molar-refractivity contribution < 1.29 is 4.79 Å². The Morgan fingerprint density at radius 3 is 2.91 bits per heavy atom. The Balaban J connectivity index is 1.80. The average molecular weight is 331 g/mol. The number of hydrogen-bond acceptors (Lipinski definition) is 4. The number of rotatable bonds is 3. The number of nitrogens with one attached hydrogen (secondary N) is 1. The molecule has 0 aliphatic carbocycles. The summed E-state index contributed by atoms with van der Waals surface area (Å²) in [5.41, 5.74) is 1.94. The van der Waals surface area contributed by atoms with E-state index in [1.807, 2.05) is 48.7 Å². The van der Waals surface area contributed by atoms with Crippen LogP contribution in [0, 0.1) is 13.8 Å². The summed E-state index contributed by atoms with van der Waals surface area (Å²) in [5, 5.41) is 7.96. The second kappa shape index (κ2) is 6.62. The summed E-state index contributed by atoms with van der Waals surface area (Å²) < 4.78 is 1.68. The van der Waals surface area contributed by atoms with E-state index in [1.165, 1.54) is 0 Å². The topological polar surface area (TPSA) is 63.1 Å². The zero-order chi connectivity index (χ0) is 16.4. The van der Waals surface area contributed by atoms with Gasteiger partial charge in [0.2, 0.25) is 0 Å². The lowest BCUT2D eigenvalue weighted by molar-refractivity contribution is 0.222. The van der Waals surface area contributed by atoms with Crippen LogP contribution in [-0.2, 0) is 0 Å². The number of pyridine rings is 1. The van der Waals surface area contributed by atoms with Crippen molar-refractivity contribution in [3.63, 3.8) is 0 Å². The number of carbonyl (C=O) groups excluding carboxylic acids is 1. The van der Waals surface area contributed by atoms with E-state index in [9.17, 15) is 4.79 Å². The van der Waals surface area contributed by atoms with Gasteiger partial charge in [0.05, 0.1) is 5.69 Å². The number of anilines is 1. The van der Waals surface area contributed by atoms with Crippen LogP contribution in [-0.4, -0.2) is 50.3 Å². The van der Waals surface area contributed by atoms with Gasteiger partial charge in [0.25, 0.3) is 0 Å². The van der Waals surface area contributed by atoms with E-state index in [0.717, 1.165) is 30.8 Å². The van der Waals surface area contributed by atoms with Crippen molar-refractivity contribution in [2.24, 2.45) is 0 Å². The van der Waals surface area contributed by atoms with E-state index in [1.54, 1.807) is 10.9 Å². The molecule has 1 aliphatic heterocycles. The van der Waals surface area contributed by atoms with Crippen LogP contribution in [0.1, 0.15) is 17.7 Å². The van der Waals surface area contributed by atoms with Gasteiger partial charge in [-0.15, -0.1) is 0 Å². The van der Waals surface area contributed by atoms with E-state index in [2.05, 4.69) is 21.7 Å². The van der Waals surface area contributed by atoms with Crippen LogP contribution in [0.25, 0.3) is 5.82 Å². The normalized spacial score (nSPS) is 17.5. The molecule has 1 saturated heterocycles. The number of hydrogen-bond donors (Lipinski definition) is 1. The van der Waals surface area contributed by atoms with Crippen LogP contribution in [0.15, 0.2) is 24.4 Å². The minimum atomic E-state index is -0.0737. The molecule has 0 aromatic carbocycles. The molecule has 0 bridgehead atoms. The molecule has 1 N–H and O–H groups in total. The molecule has 1 unspecified atom stereocenters. The van der Waals surface area contributed by atoms with Crippen LogP contribution < -0.4 is 5.32 Å². The Bertz CT molecular complexity index is 714. The van der Waals surface area contributed by atoms with E-state index in [0.29, 0.717) is 16.9 Å². The number of urea groups is 1. The first-order valence-corrected chi connectivity index (χ1v) is 8.94. The Morgan fingerprint density at radius 1 is 1.39 bits per heavy atom. The predicted molar refractivity (Wildman–Crippen MR) is 93.3 cm³/mol. The van der Waals surface area contributed by atoms with Gasteiger partial charge in [-0.1, -0.05) is 0 Å². The lowest BCUT2D eigenvalue weighted by Gasteiger charge is -2.17. The molecule has 3 heterocycles. The Kier molecular flexibility index (Phi) is 4.56. The van der Waals surface area contributed by atoms with Crippen molar-refractivity contribution in [2.75, 3.05) is 24.7 Å². The fourth-order valence-electron chi connectivity index (χ4n) is 2.69. The monoisotopic (exact) mass is 331 g/mol. The van der Waals surface area contributed by atoms with Gasteiger partial charge in [0.1, 0.15) is 5.82 Å². The molecule has 0 spiro atoms. The number of aromatic nitrogens is 3. The minimum absolute atomic E-state index is 0.0737. The average Bonchev–Trinajstić information content (AvgIpc) is 3.14. The molecule has 0 radical (unpaired) electrons. The quantitative estimate of drug-likeness (QED) is 0.939. The third-order valence-corrected chi connectivity index (χ3v) is 5.00. The summed E-state index contributed by atoms with van der Waals surface area (Å²) in [6.45, 7) is 5.50. The third-order valence-electron chi connectivity index (χ3n) is 3.95. The summed E-state index contributed by atoms with van der Waals surface area (Å²) >= 11 is 1.82. The molecule has 122 valence electrons. The first-order chi connectivity index (χ1) is 11.1. The second-order valence-corrected chi connectivity index (χ2v) is 6.93. The van der Waals surface area contributed by atoms with Crippen LogP contribution in [0.3, 0.4) is 0 Å². The molecule has 1 atom stereocenters. The van der Waals surface area contributed by atoms with E-state index >= 15 is 0 Å². The Hall–Kier alpha value is -2.02. The van der Waals surface area contributed by atoms with E-state index < -0.39 is 0 Å². The summed E-state index contributed by atoms with van der Waals surface area (Å²) in [4.78, 5) is 18.7. The maximum Gasteiger partial charge on any atom is 0.323 e. The number of likely N-dealkylation sites (tertiary alicyclic amines) is 1. The van der Waals surface area contributed by atoms with Crippen molar-refractivity contribution in [2.45, 2.75) is 25.5 Å². The predicted octanol–water partition coefficient (Wildman–Crippen LogP) is 2.85. The van der Waals surface area contributed by atoms with Crippen molar-refractivity contribution in [3.8, 4) is 5.82 Å². The fraction of sp³-hybridized carbons (Fsp3) is 0.438. The Labute approximate surface area is 140 Å². The number of amides is 2. The summed E-state index contributed by atoms with van der Waals surface area (Å²) in [6.07, 6.45) is 4.89. The van der Waals surface area contributed by atoms with Gasteiger partial charge in [0, 0.05) is 30.6 Å². The fourth-order valence-corrected chi connectivity index (χ4v) is 3.36. The molecular formula is C16H21N5OS. The number of thioether (sulfide) groups is 1. The summed E-state index contributed by atoms with van der Waals surface area (Å²) in [7, 11) is 0. The number of carbonyl (C=O) groups is 1. The molecule has 2 aromatic rings. The van der Waals surface area contributed by atoms with Crippen molar-refractivity contribution in [1.82, 2.24) is 19.7 Å². The largest absolute Gasteiger partial charge is 0.323 e. The molecule has 6 nitrogen and oxygen atoms in total. The maximum absolute atomic E-state index is 12.5. The molecule has 1 fully saturated rings. The first kappa shape index (κ1) is 15.9. The minimum Gasteiger partial charge on any atom is -0.323 e. The second-order valence-electron chi connectivity index (χ2n) is 5.80. The smallest absolute Gasteiger partial charge is 0.323 e. The highest BCUT2D eigenvalue weighted by atomic mass is 32.2. The van der Waals surface area contributed by atoms with Gasteiger partial charge in [-0.25, -0.2) is 9.78 Å².